The second kappa shape index (κ2) is 9.63. The van der Waals surface area contributed by atoms with Gasteiger partial charge in [0.05, 0.1) is 0 Å². The van der Waals surface area contributed by atoms with Gasteiger partial charge in [-0.15, -0.1) is 11.6 Å². The Kier molecular flexibility index (Phi) is 7.41. The number of carbonyl (C=O) groups is 1. The number of fused-ring (bicyclic) bond motifs is 5. The Hall–Kier alpha value is -0.500. The van der Waals surface area contributed by atoms with Crippen molar-refractivity contribution in [2.45, 2.75) is 111 Å². The van der Waals surface area contributed by atoms with Crippen molar-refractivity contribution >= 4 is 17.6 Å². The van der Waals surface area contributed by atoms with Crippen LogP contribution in [-0.4, -0.2) is 18.0 Å². The fourth-order valence-corrected chi connectivity index (χ4v) is 9.03. The minimum absolute atomic E-state index is 0.0329. The normalized spacial score (nSPS) is 42.0. The number of rotatable bonds is 7. The van der Waals surface area contributed by atoms with Crippen molar-refractivity contribution in [2.24, 2.45) is 46.3 Å². The van der Waals surface area contributed by atoms with Crippen LogP contribution >= 0.6 is 11.6 Å². The molecule has 0 radical (unpaired) electrons. The standard InChI is InChI=1S/C29H47ClO2/c1-19(2)7-6-8-20(3)24-11-12-25-23-10-9-21-17-22(32-27(31)18-30)13-15-28(21,4)26(23)14-16-29(24,25)5/h9,19-20,22-26H,6-8,10-18H2,1-5H3/t20?,22-,23-,24+,25-,26-,28-,29+/m0/s1. The van der Waals surface area contributed by atoms with E-state index < -0.39 is 0 Å². The Balaban J connectivity index is 1.45. The first-order chi connectivity index (χ1) is 15.2. The molecule has 182 valence electrons. The van der Waals surface area contributed by atoms with Gasteiger partial charge in [0.15, 0.2) is 0 Å². The van der Waals surface area contributed by atoms with Crippen molar-refractivity contribution in [3.05, 3.63) is 11.6 Å². The topological polar surface area (TPSA) is 26.3 Å². The molecular weight excluding hydrogens is 416 g/mol. The van der Waals surface area contributed by atoms with Crippen molar-refractivity contribution in [3.8, 4) is 0 Å². The first-order valence-corrected chi connectivity index (χ1v) is 14.2. The molecule has 0 spiro atoms. The lowest BCUT2D eigenvalue weighted by molar-refractivity contribution is -0.148. The molecule has 3 saturated carbocycles. The van der Waals surface area contributed by atoms with E-state index in [1.807, 2.05) is 0 Å². The molecule has 1 unspecified atom stereocenters. The zero-order chi connectivity index (χ0) is 23.1. The van der Waals surface area contributed by atoms with Gasteiger partial charge in [-0.3, -0.25) is 4.79 Å². The van der Waals surface area contributed by atoms with E-state index >= 15 is 0 Å². The minimum atomic E-state index is -0.262. The molecule has 0 aromatic rings. The summed E-state index contributed by atoms with van der Waals surface area (Å²) in [5, 5.41) is 0. The second-order valence-electron chi connectivity index (χ2n) is 12.8. The summed E-state index contributed by atoms with van der Waals surface area (Å²) in [6.07, 6.45) is 16.9. The SMILES string of the molecule is CC(C)CCCC(C)[C@H]1CC[C@H]2[C@@H]3CC=C4C[C@@H](OC(=O)CCl)CC[C@]4(C)[C@H]3CC[C@]12C. The van der Waals surface area contributed by atoms with Crippen LogP contribution in [0.2, 0.25) is 0 Å². The van der Waals surface area contributed by atoms with E-state index in [2.05, 4.69) is 40.7 Å². The monoisotopic (exact) mass is 462 g/mol. The molecule has 3 fully saturated rings. The summed E-state index contributed by atoms with van der Waals surface area (Å²) < 4.78 is 5.63. The van der Waals surface area contributed by atoms with Gasteiger partial charge in [0.1, 0.15) is 12.0 Å². The van der Waals surface area contributed by atoms with Gasteiger partial charge in [0.25, 0.3) is 0 Å². The number of ether oxygens (including phenoxy) is 1. The molecule has 2 nitrogen and oxygen atoms in total. The van der Waals surface area contributed by atoms with Crippen molar-refractivity contribution in [3.63, 3.8) is 0 Å². The number of halogens is 1. The number of allylic oxidation sites excluding steroid dienone is 1. The van der Waals surface area contributed by atoms with Crippen molar-refractivity contribution in [1.82, 2.24) is 0 Å². The van der Waals surface area contributed by atoms with Crippen molar-refractivity contribution < 1.29 is 9.53 Å². The summed E-state index contributed by atoms with van der Waals surface area (Å²) in [7, 11) is 0. The molecule has 0 saturated heterocycles. The molecule has 4 aliphatic carbocycles. The van der Waals surface area contributed by atoms with Crippen LogP contribution in [0.5, 0.6) is 0 Å². The fraction of sp³-hybridized carbons (Fsp3) is 0.897. The van der Waals surface area contributed by atoms with Crippen LogP contribution in [-0.2, 0) is 9.53 Å². The predicted octanol–water partition coefficient (Wildman–Crippen LogP) is 8.18. The quantitative estimate of drug-likeness (QED) is 0.216. The molecule has 4 aliphatic rings. The number of hydrogen-bond donors (Lipinski definition) is 0. The average Bonchev–Trinajstić information content (AvgIpc) is 3.11. The maximum Gasteiger partial charge on any atom is 0.321 e. The molecule has 0 amide bonds. The van der Waals surface area contributed by atoms with Gasteiger partial charge in [-0.2, -0.15) is 0 Å². The van der Waals surface area contributed by atoms with E-state index in [1.54, 1.807) is 5.57 Å². The Morgan fingerprint density at radius 1 is 1.09 bits per heavy atom. The number of alkyl halides is 1. The molecule has 8 atom stereocenters. The average molecular weight is 463 g/mol. The molecule has 0 aromatic heterocycles. The summed E-state index contributed by atoms with van der Waals surface area (Å²) in [6.45, 7) is 12.5. The summed E-state index contributed by atoms with van der Waals surface area (Å²) in [5.74, 6) is 4.92. The van der Waals surface area contributed by atoms with Gasteiger partial charge in [-0.25, -0.2) is 0 Å². The van der Waals surface area contributed by atoms with Gasteiger partial charge < -0.3 is 4.74 Å². The Labute approximate surface area is 202 Å². The third-order valence-electron chi connectivity index (χ3n) is 10.7. The highest BCUT2D eigenvalue weighted by Gasteiger charge is 2.59. The fourth-order valence-electron chi connectivity index (χ4n) is 8.97. The summed E-state index contributed by atoms with van der Waals surface area (Å²) in [4.78, 5) is 11.7. The molecule has 0 N–H and O–H groups in total. The molecule has 4 rings (SSSR count). The van der Waals surface area contributed by atoms with Crippen LogP contribution in [0.25, 0.3) is 0 Å². The summed E-state index contributed by atoms with van der Waals surface area (Å²) in [5.41, 5.74) is 2.44. The van der Waals surface area contributed by atoms with E-state index in [1.165, 1.54) is 57.8 Å². The Morgan fingerprint density at radius 3 is 2.59 bits per heavy atom. The molecule has 3 heteroatoms. The highest BCUT2D eigenvalue weighted by molar-refractivity contribution is 6.26. The lowest BCUT2D eigenvalue weighted by atomic mass is 9.47. The van der Waals surface area contributed by atoms with Crippen LogP contribution < -0.4 is 0 Å². The minimum Gasteiger partial charge on any atom is -0.461 e. The third kappa shape index (κ3) is 4.44. The number of carbonyl (C=O) groups excluding carboxylic acids is 1. The van der Waals surface area contributed by atoms with Crippen LogP contribution in [0.15, 0.2) is 11.6 Å². The van der Waals surface area contributed by atoms with E-state index in [9.17, 15) is 4.79 Å². The maximum atomic E-state index is 11.7. The van der Waals surface area contributed by atoms with Gasteiger partial charge in [0.2, 0.25) is 0 Å². The van der Waals surface area contributed by atoms with E-state index in [0.29, 0.717) is 10.8 Å². The van der Waals surface area contributed by atoms with Gasteiger partial charge in [-0.1, -0.05) is 65.5 Å². The van der Waals surface area contributed by atoms with E-state index in [0.717, 1.165) is 48.3 Å². The molecule has 0 aromatic carbocycles. The lowest BCUT2D eigenvalue weighted by Crippen LogP contribution is -2.51. The second-order valence-corrected chi connectivity index (χ2v) is 13.0. The van der Waals surface area contributed by atoms with E-state index in [-0.39, 0.29) is 18.0 Å². The number of esters is 1. The van der Waals surface area contributed by atoms with Crippen molar-refractivity contribution in [1.29, 1.82) is 0 Å². The zero-order valence-electron chi connectivity index (χ0n) is 21.3. The molecular formula is C29H47ClO2. The molecule has 0 heterocycles. The zero-order valence-corrected chi connectivity index (χ0v) is 22.1. The molecule has 32 heavy (non-hydrogen) atoms. The first-order valence-electron chi connectivity index (χ1n) is 13.6. The highest BCUT2D eigenvalue weighted by Crippen LogP contribution is 2.67. The highest BCUT2D eigenvalue weighted by atomic mass is 35.5. The van der Waals surface area contributed by atoms with Crippen LogP contribution in [0, 0.1) is 46.3 Å². The van der Waals surface area contributed by atoms with Crippen LogP contribution in [0.4, 0.5) is 0 Å². The summed E-state index contributed by atoms with van der Waals surface area (Å²) >= 11 is 5.68. The van der Waals surface area contributed by atoms with Crippen LogP contribution in [0.1, 0.15) is 105 Å². The summed E-state index contributed by atoms with van der Waals surface area (Å²) in [6, 6.07) is 0. The first kappa shape index (κ1) is 24.6. The lowest BCUT2D eigenvalue weighted by Gasteiger charge is -2.58. The molecule has 0 aliphatic heterocycles. The van der Waals surface area contributed by atoms with Gasteiger partial charge >= 0.3 is 5.97 Å². The van der Waals surface area contributed by atoms with Gasteiger partial charge in [-0.05, 0) is 91.3 Å². The van der Waals surface area contributed by atoms with Crippen LogP contribution in [0.3, 0.4) is 0 Å². The largest absolute Gasteiger partial charge is 0.461 e. The third-order valence-corrected chi connectivity index (χ3v) is 10.9. The van der Waals surface area contributed by atoms with Crippen molar-refractivity contribution in [2.75, 3.05) is 5.88 Å². The smallest absolute Gasteiger partial charge is 0.321 e. The Bertz CT molecular complexity index is 714. The predicted molar refractivity (Wildman–Crippen MR) is 134 cm³/mol. The maximum absolute atomic E-state index is 11.7. The Morgan fingerprint density at radius 2 is 1.88 bits per heavy atom. The van der Waals surface area contributed by atoms with E-state index in [4.69, 9.17) is 16.3 Å². The molecule has 0 bridgehead atoms. The van der Waals surface area contributed by atoms with Gasteiger partial charge in [0, 0.05) is 6.42 Å². The number of hydrogen-bond acceptors (Lipinski definition) is 2.